The highest BCUT2D eigenvalue weighted by Crippen LogP contribution is 2.35. The molecule has 0 amide bonds. The predicted molar refractivity (Wildman–Crippen MR) is 146 cm³/mol. The fraction of sp³-hybridized carbons (Fsp3) is 0.308. The number of halogens is 1. The zero-order valence-corrected chi connectivity index (χ0v) is 22.5. The number of aromatic nitrogens is 6. The molecule has 4 heterocycles. The van der Waals surface area contributed by atoms with Crippen LogP contribution in [0.3, 0.4) is 0 Å². The van der Waals surface area contributed by atoms with Crippen molar-refractivity contribution in [1.82, 2.24) is 34.0 Å². The van der Waals surface area contributed by atoms with E-state index in [0.717, 1.165) is 41.8 Å². The zero-order valence-electron chi connectivity index (χ0n) is 20.9. The SMILES string of the molecule is Cc1nc2ccc(Oc3ccc4ncc(-c5cnn(CC6CCN(S(C)(=O)=O)CC6)c5)nc4c3Cl)cc2[nH]1. The molecule has 0 spiro atoms. The van der Waals surface area contributed by atoms with Gasteiger partial charge in [0.2, 0.25) is 10.0 Å². The van der Waals surface area contributed by atoms with Crippen LogP contribution in [0, 0.1) is 12.8 Å². The van der Waals surface area contributed by atoms with E-state index >= 15 is 0 Å². The van der Waals surface area contributed by atoms with Crippen LogP contribution in [0.5, 0.6) is 11.5 Å². The Morgan fingerprint density at radius 3 is 2.68 bits per heavy atom. The molecule has 1 fully saturated rings. The standard InChI is InChI=1S/C26H26ClN7O3S/c1-16-30-20-4-3-19(11-22(20)31-16)37-24-6-5-21-26(25(24)27)32-23(13-28-21)18-12-29-33(15-18)14-17-7-9-34(10-8-17)38(2,35)36/h3-6,11-13,15,17H,7-10,14H2,1-2H3,(H,30,31). The van der Waals surface area contributed by atoms with Gasteiger partial charge in [-0.2, -0.15) is 5.10 Å². The second-order valence-corrected chi connectivity index (χ2v) is 12.0. The van der Waals surface area contributed by atoms with Crippen LogP contribution < -0.4 is 4.74 Å². The van der Waals surface area contributed by atoms with Crippen molar-refractivity contribution >= 4 is 43.7 Å². The van der Waals surface area contributed by atoms with Crippen LogP contribution in [0.15, 0.2) is 48.9 Å². The summed E-state index contributed by atoms with van der Waals surface area (Å²) in [6.07, 6.45) is 8.29. The number of hydrogen-bond acceptors (Lipinski definition) is 7. The lowest BCUT2D eigenvalue weighted by molar-refractivity contribution is 0.248. The number of imidazole rings is 1. The number of aromatic amines is 1. The molecule has 1 aliphatic heterocycles. The topological polar surface area (TPSA) is 119 Å². The molecule has 0 atom stereocenters. The average molecular weight is 552 g/mol. The van der Waals surface area contributed by atoms with E-state index in [-0.39, 0.29) is 0 Å². The van der Waals surface area contributed by atoms with Crippen molar-refractivity contribution in [2.45, 2.75) is 26.3 Å². The van der Waals surface area contributed by atoms with Crippen LogP contribution in [0.4, 0.5) is 0 Å². The second kappa shape index (κ2) is 9.64. The molecule has 0 unspecified atom stereocenters. The molecule has 1 N–H and O–H groups in total. The Hall–Kier alpha value is -3.54. The molecule has 6 rings (SSSR count). The first-order chi connectivity index (χ1) is 18.2. The molecule has 38 heavy (non-hydrogen) atoms. The first kappa shape index (κ1) is 24.8. The van der Waals surface area contributed by atoms with Crippen LogP contribution >= 0.6 is 11.6 Å². The molecule has 12 heteroatoms. The third-order valence-corrected chi connectivity index (χ3v) is 8.50. The van der Waals surface area contributed by atoms with Gasteiger partial charge in [-0.25, -0.2) is 22.7 Å². The molecule has 0 aliphatic carbocycles. The zero-order chi connectivity index (χ0) is 26.4. The van der Waals surface area contributed by atoms with E-state index in [1.54, 1.807) is 22.8 Å². The summed E-state index contributed by atoms with van der Waals surface area (Å²) in [6.45, 7) is 3.72. The fourth-order valence-corrected chi connectivity index (χ4v) is 5.95. The number of H-pyrrole nitrogens is 1. The third-order valence-electron chi connectivity index (χ3n) is 6.83. The Bertz CT molecular complexity index is 1760. The van der Waals surface area contributed by atoms with Gasteiger partial charge in [-0.3, -0.25) is 9.67 Å². The minimum Gasteiger partial charge on any atom is -0.456 e. The molecule has 196 valence electrons. The van der Waals surface area contributed by atoms with Gasteiger partial charge >= 0.3 is 0 Å². The van der Waals surface area contributed by atoms with Crippen LogP contribution in [-0.2, 0) is 16.6 Å². The molecule has 5 aromatic rings. The summed E-state index contributed by atoms with van der Waals surface area (Å²) in [5.74, 6) is 2.32. The largest absolute Gasteiger partial charge is 0.456 e. The van der Waals surface area contributed by atoms with Crippen molar-refractivity contribution in [3.05, 3.63) is 59.8 Å². The van der Waals surface area contributed by atoms with E-state index in [0.29, 0.717) is 52.3 Å². The van der Waals surface area contributed by atoms with Crippen LogP contribution in [-0.4, -0.2) is 61.8 Å². The van der Waals surface area contributed by atoms with E-state index in [9.17, 15) is 8.42 Å². The average Bonchev–Trinajstić information content (AvgIpc) is 3.51. The maximum absolute atomic E-state index is 11.8. The molecule has 10 nitrogen and oxygen atoms in total. The minimum absolute atomic E-state index is 0.363. The Labute approximate surface area is 224 Å². The van der Waals surface area contributed by atoms with Crippen LogP contribution in [0.1, 0.15) is 18.7 Å². The molecule has 0 radical (unpaired) electrons. The number of rotatable bonds is 6. The first-order valence-electron chi connectivity index (χ1n) is 12.3. The van der Waals surface area contributed by atoms with Gasteiger partial charge in [-0.05, 0) is 49.9 Å². The quantitative estimate of drug-likeness (QED) is 0.322. The number of benzene rings is 2. The minimum atomic E-state index is -3.13. The van der Waals surface area contributed by atoms with Crippen molar-refractivity contribution in [3.8, 4) is 22.8 Å². The second-order valence-electron chi connectivity index (χ2n) is 9.66. The summed E-state index contributed by atoms with van der Waals surface area (Å²) in [4.78, 5) is 17.0. The Kier molecular flexibility index (Phi) is 6.29. The predicted octanol–water partition coefficient (Wildman–Crippen LogP) is 4.80. The van der Waals surface area contributed by atoms with Gasteiger partial charge < -0.3 is 9.72 Å². The van der Waals surface area contributed by atoms with E-state index in [4.69, 9.17) is 21.3 Å². The molecular formula is C26H26ClN7O3S. The van der Waals surface area contributed by atoms with Crippen molar-refractivity contribution < 1.29 is 13.2 Å². The smallest absolute Gasteiger partial charge is 0.211 e. The monoisotopic (exact) mass is 551 g/mol. The maximum Gasteiger partial charge on any atom is 0.211 e. The van der Waals surface area contributed by atoms with Crippen LogP contribution in [0.25, 0.3) is 33.3 Å². The van der Waals surface area contributed by atoms with Gasteiger partial charge in [-0.15, -0.1) is 0 Å². The molecule has 2 aromatic carbocycles. The number of aryl methyl sites for hydroxylation is 1. The van der Waals surface area contributed by atoms with Gasteiger partial charge in [0.15, 0.2) is 0 Å². The number of sulfonamides is 1. The molecule has 1 saturated heterocycles. The summed E-state index contributed by atoms with van der Waals surface area (Å²) in [7, 11) is -3.13. The molecule has 3 aromatic heterocycles. The number of fused-ring (bicyclic) bond motifs is 2. The number of nitrogens with one attached hydrogen (secondary N) is 1. The molecular weight excluding hydrogens is 526 g/mol. The van der Waals surface area contributed by atoms with Crippen LogP contribution in [0.2, 0.25) is 5.02 Å². The lowest BCUT2D eigenvalue weighted by Gasteiger charge is -2.30. The first-order valence-corrected chi connectivity index (χ1v) is 14.5. The van der Waals surface area contributed by atoms with Gasteiger partial charge in [0, 0.05) is 37.5 Å². The van der Waals surface area contributed by atoms with Gasteiger partial charge in [0.25, 0.3) is 0 Å². The molecule has 0 saturated carbocycles. The summed E-state index contributed by atoms with van der Waals surface area (Å²) in [5, 5.41) is 4.89. The Morgan fingerprint density at radius 1 is 1.11 bits per heavy atom. The summed E-state index contributed by atoms with van der Waals surface area (Å²) >= 11 is 6.74. The number of ether oxygens (including phenoxy) is 1. The summed E-state index contributed by atoms with van der Waals surface area (Å²) in [5.41, 5.74) is 4.45. The number of nitrogens with zero attached hydrogens (tertiary/aromatic N) is 6. The fourth-order valence-electron chi connectivity index (χ4n) is 4.83. The van der Waals surface area contributed by atoms with Gasteiger partial charge in [-0.1, -0.05) is 11.6 Å². The van der Waals surface area contributed by atoms with Gasteiger partial charge in [0.05, 0.1) is 40.9 Å². The molecule has 1 aliphatic rings. The normalized spacial score (nSPS) is 15.4. The van der Waals surface area contributed by atoms with E-state index in [1.165, 1.54) is 6.26 Å². The Morgan fingerprint density at radius 2 is 1.89 bits per heavy atom. The van der Waals surface area contributed by atoms with E-state index in [1.807, 2.05) is 42.1 Å². The van der Waals surface area contributed by atoms with Crippen molar-refractivity contribution in [2.75, 3.05) is 19.3 Å². The number of hydrogen-bond donors (Lipinski definition) is 1. The maximum atomic E-state index is 11.8. The number of piperidine rings is 1. The van der Waals surface area contributed by atoms with Crippen molar-refractivity contribution in [3.63, 3.8) is 0 Å². The highest BCUT2D eigenvalue weighted by atomic mass is 35.5. The third kappa shape index (κ3) is 4.96. The lowest BCUT2D eigenvalue weighted by Crippen LogP contribution is -2.38. The van der Waals surface area contributed by atoms with Crippen molar-refractivity contribution in [2.24, 2.45) is 5.92 Å². The Balaban J connectivity index is 1.21. The van der Waals surface area contributed by atoms with Gasteiger partial charge in [0.1, 0.15) is 27.9 Å². The van der Waals surface area contributed by atoms with E-state index in [2.05, 4.69) is 20.1 Å². The summed E-state index contributed by atoms with van der Waals surface area (Å²) in [6, 6.07) is 9.25. The highest BCUT2D eigenvalue weighted by Gasteiger charge is 2.25. The lowest BCUT2D eigenvalue weighted by atomic mass is 9.98. The van der Waals surface area contributed by atoms with Crippen molar-refractivity contribution in [1.29, 1.82) is 0 Å². The molecule has 0 bridgehead atoms. The van der Waals surface area contributed by atoms with E-state index < -0.39 is 10.0 Å². The summed E-state index contributed by atoms with van der Waals surface area (Å²) < 4.78 is 33.0. The highest BCUT2D eigenvalue weighted by molar-refractivity contribution is 7.88.